The number of imidazole rings is 1. The number of hydrogen-bond acceptors (Lipinski definition) is 5. The van der Waals surface area contributed by atoms with E-state index in [0.717, 1.165) is 13.1 Å². The number of rotatable bonds is 5. The van der Waals surface area contributed by atoms with Crippen molar-refractivity contribution in [3.63, 3.8) is 0 Å². The Hall–Kier alpha value is -0.960. The minimum Gasteiger partial charge on any atom is -0.374 e. The lowest BCUT2D eigenvalue weighted by molar-refractivity contribution is -0.0156. The van der Waals surface area contributed by atoms with E-state index in [9.17, 15) is 8.42 Å². The highest BCUT2D eigenvalue weighted by molar-refractivity contribution is 7.89. The number of hydrogen-bond donors (Lipinski definition) is 2. The fraction of sp³-hybridized carbons (Fsp3) is 0.727. The highest BCUT2D eigenvalue weighted by Gasteiger charge is 2.22. The molecule has 108 valence electrons. The Morgan fingerprint density at radius 1 is 1.63 bits per heavy atom. The zero-order chi connectivity index (χ0) is 13.9. The van der Waals surface area contributed by atoms with E-state index < -0.39 is 10.0 Å². The van der Waals surface area contributed by atoms with Gasteiger partial charge in [-0.05, 0) is 7.05 Å². The maximum atomic E-state index is 12.0. The molecule has 2 N–H and O–H groups in total. The Kier molecular flexibility index (Phi) is 4.56. The molecule has 0 spiro atoms. The molecular formula is C11H20N4O3S. The number of aryl methyl sites for hydroxylation is 1. The van der Waals surface area contributed by atoms with E-state index in [1.807, 2.05) is 14.0 Å². The number of aromatic nitrogens is 2. The SMILES string of the molecule is CCc1ncc(S(=O)(=O)NCC2CN(C)CCO2)[nH]1. The monoisotopic (exact) mass is 288 g/mol. The summed E-state index contributed by atoms with van der Waals surface area (Å²) in [5, 5.41) is 0.105. The summed E-state index contributed by atoms with van der Waals surface area (Å²) in [6, 6.07) is 0. The van der Waals surface area contributed by atoms with Crippen molar-refractivity contribution in [1.29, 1.82) is 0 Å². The summed E-state index contributed by atoms with van der Waals surface area (Å²) < 4.78 is 32.1. The van der Waals surface area contributed by atoms with Crippen molar-refractivity contribution in [2.75, 3.05) is 33.3 Å². The van der Waals surface area contributed by atoms with Gasteiger partial charge in [-0.3, -0.25) is 0 Å². The molecule has 0 amide bonds. The van der Waals surface area contributed by atoms with Crippen LogP contribution in [0.25, 0.3) is 0 Å². The van der Waals surface area contributed by atoms with E-state index in [2.05, 4.69) is 19.6 Å². The Balaban J connectivity index is 1.93. The summed E-state index contributed by atoms with van der Waals surface area (Å²) >= 11 is 0. The van der Waals surface area contributed by atoms with Gasteiger partial charge in [0.15, 0.2) is 5.03 Å². The molecule has 2 heterocycles. The lowest BCUT2D eigenvalue weighted by Crippen LogP contribution is -2.45. The van der Waals surface area contributed by atoms with Crippen molar-refractivity contribution >= 4 is 10.0 Å². The predicted molar refractivity (Wildman–Crippen MR) is 70.4 cm³/mol. The zero-order valence-electron chi connectivity index (χ0n) is 11.2. The highest BCUT2D eigenvalue weighted by atomic mass is 32.2. The molecule has 0 radical (unpaired) electrons. The van der Waals surface area contributed by atoms with Crippen LogP contribution in [0.15, 0.2) is 11.2 Å². The van der Waals surface area contributed by atoms with Gasteiger partial charge in [-0.25, -0.2) is 18.1 Å². The Labute approximate surface area is 113 Å². The normalized spacial score (nSPS) is 21.7. The zero-order valence-corrected chi connectivity index (χ0v) is 12.0. The first kappa shape index (κ1) is 14.4. The third kappa shape index (κ3) is 3.75. The molecule has 1 fully saturated rings. The molecule has 1 aliphatic heterocycles. The molecule has 8 heteroatoms. The highest BCUT2D eigenvalue weighted by Crippen LogP contribution is 2.07. The van der Waals surface area contributed by atoms with Gasteiger partial charge in [0, 0.05) is 26.1 Å². The molecule has 1 aliphatic rings. The van der Waals surface area contributed by atoms with Gasteiger partial charge in [-0.15, -0.1) is 0 Å². The van der Waals surface area contributed by atoms with Crippen LogP contribution in [0, 0.1) is 0 Å². The van der Waals surface area contributed by atoms with E-state index in [-0.39, 0.29) is 17.7 Å². The molecule has 1 unspecified atom stereocenters. The van der Waals surface area contributed by atoms with Crippen molar-refractivity contribution in [1.82, 2.24) is 19.6 Å². The molecule has 0 aromatic carbocycles. The van der Waals surface area contributed by atoms with E-state index >= 15 is 0 Å². The molecule has 0 saturated carbocycles. The van der Waals surface area contributed by atoms with Crippen LogP contribution in [0.2, 0.25) is 0 Å². The summed E-state index contributed by atoms with van der Waals surface area (Å²) in [4.78, 5) is 8.90. The van der Waals surface area contributed by atoms with Gasteiger partial charge in [0.1, 0.15) is 5.82 Å². The van der Waals surface area contributed by atoms with E-state index in [1.54, 1.807) is 0 Å². The summed E-state index contributed by atoms with van der Waals surface area (Å²) in [6.45, 7) is 4.42. The van der Waals surface area contributed by atoms with E-state index in [1.165, 1.54) is 6.20 Å². The minimum atomic E-state index is -3.53. The van der Waals surface area contributed by atoms with Crippen molar-refractivity contribution in [2.45, 2.75) is 24.5 Å². The minimum absolute atomic E-state index is 0.105. The van der Waals surface area contributed by atoms with Crippen molar-refractivity contribution in [3.8, 4) is 0 Å². The Morgan fingerprint density at radius 2 is 2.42 bits per heavy atom. The van der Waals surface area contributed by atoms with Crippen LogP contribution in [-0.2, 0) is 21.2 Å². The summed E-state index contributed by atoms with van der Waals surface area (Å²) in [7, 11) is -1.54. The number of nitrogens with zero attached hydrogens (tertiary/aromatic N) is 2. The van der Waals surface area contributed by atoms with Gasteiger partial charge in [0.25, 0.3) is 10.0 Å². The number of nitrogens with one attached hydrogen (secondary N) is 2. The number of sulfonamides is 1. The van der Waals surface area contributed by atoms with Crippen LogP contribution in [0.3, 0.4) is 0 Å². The topological polar surface area (TPSA) is 87.3 Å². The summed E-state index contributed by atoms with van der Waals surface area (Å²) in [5.41, 5.74) is 0. The van der Waals surface area contributed by atoms with Crippen LogP contribution in [0.4, 0.5) is 0 Å². The van der Waals surface area contributed by atoms with Gasteiger partial charge in [-0.1, -0.05) is 6.92 Å². The number of aromatic amines is 1. The number of H-pyrrole nitrogens is 1. The lowest BCUT2D eigenvalue weighted by atomic mass is 10.3. The molecule has 1 atom stereocenters. The van der Waals surface area contributed by atoms with Gasteiger partial charge in [0.2, 0.25) is 0 Å². The van der Waals surface area contributed by atoms with Crippen LogP contribution in [0.1, 0.15) is 12.7 Å². The third-order valence-electron chi connectivity index (χ3n) is 3.07. The van der Waals surface area contributed by atoms with Gasteiger partial charge < -0.3 is 14.6 Å². The average Bonchev–Trinajstić information content (AvgIpc) is 2.86. The Morgan fingerprint density at radius 3 is 3.05 bits per heavy atom. The maximum Gasteiger partial charge on any atom is 0.257 e. The van der Waals surface area contributed by atoms with Crippen molar-refractivity contribution < 1.29 is 13.2 Å². The molecule has 1 saturated heterocycles. The molecular weight excluding hydrogens is 268 g/mol. The first-order valence-corrected chi connectivity index (χ1v) is 7.83. The van der Waals surface area contributed by atoms with Crippen LogP contribution in [-0.4, -0.2) is 62.7 Å². The molecule has 2 rings (SSSR count). The first-order chi connectivity index (χ1) is 9.01. The first-order valence-electron chi connectivity index (χ1n) is 6.35. The molecule has 1 aromatic heterocycles. The second kappa shape index (κ2) is 6.00. The molecule has 0 aliphatic carbocycles. The van der Waals surface area contributed by atoms with Gasteiger partial charge in [-0.2, -0.15) is 0 Å². The number of ether oxygens (including phenoxy) is 1. The lowest BCUT2D eigenvalue weighted by Gasteiger charge is -2.29. The van der Waals surface area contributed by atoms with E-state index in [0.29, 0.717) is 18.9 Å². The second-order valence-electron chi connectivity index (χ2n) is 4.65. The largest absolute Gasteiger partial charge is 0.374 e. The van der Waals surface area contributed by atoms with Gasteiger partial charge in [0.05, 0.1) is 18.9 Å². The number of likely N-dealkylation sites (N-methyl/N-ethyl adjacent to an activating group) is 1. The molecule has 7 nitrogen and oxygen atoms in total. The fourth-order valence-corrected chi connectivity index (χ4v) is 2.93. The van der Waals surface area contributed by atoms with E-state index in [4.69, 9.17) is 4.74 Å². The van der Waals surface area contributed by atoms with Crippen LogP contribution in [0.5, 0.6) is 0 Å². The summed E-state index contributed by atoms with van der Waals surface area (Å²) in [5.74, 6) is 0.661. The van der Waals surface area contributed by atoms with Gasteiger partial charge >= 0.3 is 0 Å². The standard InChI is InChI=1S/C11H20N4O3S/c1-3-10-12-7-11(14-10)19(16,17)13-6-9-8-15(2)4-5-18-9/h7,9,13H,3-6,8H2,1-2H3,(H,12,14). The summed E-state index contributed by atoms with van der Waals surface area (Å²) in [6.07, 6.45) is 1.91. The predicted octanol–water partition coefficient (Wildman–Crippen LogP) is -0.419. The second-order valence-corrected chi connectivity index (χ2v) is 6.39. The van der Waals surface area contributed by atoms with Crippen molar-refractivity contribution in [3.05, 3.63) is 12.0 Å². The smallest absolute Gasteiger partial charge is 0.257 e. The van der Waals surface area contributed by atoms with Crippen molar-refractivity contribution in [2.24, 2.45) is 0 Å². The molecule has 19 heavy (non-hydrogen) atoms. The quantitative estimate of drug-likeness (QED) is 0.768. The van der Waals surface area contributed by atoms with Crippen LogP contribution >= 0.6 is 0 Å². The fourth-order valence-electron chi connectivity index (χ4n) is 1.93. The molecule has 1 aromatic rings. The number of morpholine rings is 1. The van der Waals surface area contributed by atoms with Crippen LogP contribution < -0.4 is 4.72 Å². The Bertz CT molecular complexity index is 514. The maximum absolute atomic E-state index is 12.0. The average molecular weight is 288 g/mol. The third-order valence-corrected chi connectivity index (χ3v) is 4.41. The molecule has 0 bridgehead atoms.